The fourth-order valence-corrected chi connectivity index (χ4v) is 1.12. The SMILES string of the molecule is CC(C)CC(O)CNC/C=C/C(=O)O. The Morgan fingerprint density at radius 3 is 2.64 bits per heavy atom. The first-order valence-electron chi connectivity index (χ1n) is 4.80. The topological polar surface area (TPSA) is 69.6 Å². The van der Waals surface area contributed by atoms with Gasteiger partial charge in [-0.15, -0.1) is 0 Å². The van der Waals surface area contributed by atoms with Gasteiger partial charge in [0.1, 0.15) is 0 Å². The highest BCUT2D eigenvalue weighted by Gasteiger charge is 2.04. The molecule has 0 fully saturated rings. The molecule has 0 radical (unpaired) electrons. The van der Waals surface area contributed by atoms with Gasteiger partial charge in [0.25, 0.3) is 0 Å². The van der Waals surface area contributed by atoms with E-state index in [1.54, 1.807) is 0 Å². The van der Waals surface area contributed by atoms with Crippen molar-refractivity contribution in [3.05, 3.63) is 12.2 Å². The van der Waals surface area contributed by atoms with Crippen molar-refractivity contribution in [1.29, 1.82) is 0 Å². The third-order valence-corrected chi connectivity index (χ3v) is 1.65. The summed E-state index contributed by atoms with van der Waals surface area (Å²) in [4.78, 5) is 10.1. The highest BCUT2D eigenvalue weighted by atomic mass is 16.4. The van der Waals surface area contributed by atoms with Crippen LogP contribution >= 0.6 is 0 Å². The molecule has 0 aromatic carbocycles. The summed E-state index contributed by atoms with van der Waals surface area (Å²) in [6, 6.07) is 0. The van der Waals surface area contributed by atoms with E-state index in [0.717, 1.165) is 12.5 Å². The van der Waals surface area contributed by atoms with Crippen LogP contribution in [-0.2, 0) is 4.79 Å². The Bertz CT molecular complexity index is 190. The molecule has 0 amide bonds. The first kappa shape index (κ1) is 13.1. The first-order valence-corrected chi connectivity index (χ1v) is 4.80. The van der Waals surface area contributed by atoms with Crippen molar-refractivity contribution in [3.63, 3.8) is 0 Å². The maximum absolute atomic E-state index is 10.1. The molecular formula is C10H19NO3. The second kappa shape index (κ2) is 7.53. The normalized spacial score (nSPS) is 13.7. The lowest BCUT2D eigenvalue weighted by Gasteiger charge is -2.12. The van der Waals surface area contributed by atoms with Crippen LogP contribution in [-0.4, -0.2) is 35.4 Å². The summed E-state index contributed by atoms with van der Waals surface area (Å²) in [5.74, 6) is -0.476. The second-order valence-electron chi connectivity index (χ2n) is 3.68. The number of carboxylic acids is 1. The Morgan fingerprint density at radius 1 is 1.50 bits per heavy atom. The minimum atomic E-state index is -0.950. The zero-order valence-corrected chi connectivity index (χ0v) is 8.73. The van der Waals surface area contributed by atoms with Crippen molar-refractivity contribution >= 4 is 5.97 Å². The van der Waals surface area contributed by atoms with Crippen LogP contribution < -0.4 is 5.32 Å². The number of carboxylic acid groups (broad SMARTS) is 1. The summed E-state index contributed by atoms with van der Waals surface area (Å²) in [6.45, 7) is 5.07. The van der Waals surface area contributed by atoms with Crippen LogP contribution in [0.2, 0.25) is 0 Å². The molecule has 0 rings (SSSR count). The third-order valence-electron chi connectivity index (χ3n) is 1.65. The van der Waals surface area contributed by atoms with Gasteiger partial charge < -0.3 is 15.5 Å². The molecule has 1 atom stereocenters. The van der Waals surface area contributed by atoms with Crippen molar-refractivity contribution in [2.24, 2.45) is 5.92 Å². The van der Waals surface area contributed by atoms with Crippen LogP contribution in [0.25, 0.3) is 0 Å². The Kier molecular flexibility index (Phi) is 7.06. The first-order chi connectivity index (χ1) is 6.52. The van der Waals surface area contributed by atoms with Gasteiger partial charge in [-0.1, -0.05) is 19.9 Å². The number of carbonyl (C=O) groups is 1. The molecule has 1 unspecified atom stereocenters. The van der Waals surface area contributed by atoms with E-state index < -0.39 is 5.97 Å². The summed E-state index contributed by atoms with van der Waals surface area (Å²) in [6.07, 6.45) is 3.01. The third kappa shape index (κ3) is 9.22. The maximum atomic E-state index is 10.1. The zero-order chi connectivity index (χ0) is 11.0. The van der Waals surface area contributed by atoms with Crippen molar-refractivity contribution in [3.8, 4) is 0 Å². The smallest absolute Gasteiger partial charge is 0.328 e. The lowest BCUT2D eigenvalue weighted by Crippen LogP contribution is -2.27. The minimum Gasteiger partial charge on any atom is -0.478 e. The monoisotopic (exact) mass is 201 g/mol. The summed E-state index contributed by atoms with van der Waals surface area (Å²) in [5.41, 5.74) is 0. The number of hydrogen-bond acceptors (Lipinski definition) is 3. The minimum absolute atomic E-state index is 0.353. The molecule has 0 saturated carbocycles. The Hall–Kier alpha value is -0.870. The van der Waals surface area contributed by atoms with Crippen LogP contribution in [0.4, 0.5) is 0 Å². The molecule has 14 heavy (non-hydrogen) atoms. The van der Waals surface area contributed by atoms with Crippen LogP contribution in [0, 0.1) is 5.92 Å². The predicted octanol–water partition coefficient (Wildman–Crippen LogP) is 0.624. The van der Waals surface area contributed by atoms with E-state index in [1.165, 1.54) is 6.08 Å². The largest absolute Gasteiger partial charge is 0.478 e. The van der Waals surface area contributed by atoms with Gasteiger partial charge in [0.05, 0.1) is 6.10 Å². The van der Waals surface area contributed by atoms with E-state index >= 15 is 0 Å². The lowest BCUT2D eigenvalue weighted by atomic mass is 10.1. The Morgan fingerprint density at radius 2 is 2.14 bits per heavy atom. The highest BCUT2D eigenvalue weighted by molar-refractivity contribution is 5.79. The van der Waals surface area contributed by atoms with Gasteiger partial charge in [-0.2, -0.15) is 0 Å². The van der Waals surface area contributed by atoms with Crippen molar-refractivity contribution < 1.29 is 15.0 Å². The number of nitrogens with one attached hydrogen (secondary N) is 1. The van der Waals surface area contributed by atoms with Crippen LogP contribution in [0.15, 0.2) is 12.2 Å². The molecule has 0 aliphatic carbocycles. The highest BCUT2D eigenvalue weighted by Crippen LogP contribution is 2.02. The molecule has 0 aromatic rings. The van der Waals surface area contributed by atoms with Gasteiger partial charge in [0, 0.05) is 19.2 Å². The van der Waals surface area contributed by atoms with E-state index in [9.17, 15) is 9.90 Å². The van der Waals surface area contributed by atoms with Gasteiger partial charge in [0.2, 0.25) is 0 Å². The Labute approximate surface area is 84.6 Å². The van der Waals surface area contributed by atoms with Gasteiger partial charge in [-0.25, -0.2) is 4.79 Å². The quantitative estimate of drug-likeness (QED) is 0.417. The van der Waals surface area contributed by atoms with E-state index in [0.29, 0.717) is 19.0 Å². The lowest BCUT2D eigenvalue weighted by molar-refractivity contribution is -0.131. The maximum Gasteiger partial charge on any atom is 0.328 e. The standard InChI is InChI=1S/C10H19NO3/c1-8(2)6-9(12)7-11-5-3-4-10(13)14/h3-4,8-9,11-12H,5-7H2,1-2H3,(H,13,14)/b4-3+. The van der Waals surface area contributed by atoms with Crippen LogP contribution in [0.5, 0.6) is 0 Å². The molecule has 4 nitrogen and oxygen atoms in total. The van der Waals surface area contributed by atoms with Gasteiger partial charge >= 0.3 is 5.97 Å². The Balaban J connectivity index is 3.40. The van der Waals surface area contributed by atoms with Gasteiger partial charge in [-0.05, 0) is 12.3 Å². The van der Waals surface area contributed by atoms with Crippen LogP contribution in [0.3, 0.4) is 0 Å². The zero-order valence-electron chi connectivity index (χ0n) is 8.73. The summed E-state index contributed by atoms with van der Waals surface area (Å²) >= 11 is 0. The molecule has 82 valence electrons. The number of hydrogen-bond donors (Lipinski definition) is 3. The molecule has 0 aromatic heterocycles. The molecular weight excluding hydrogens is 182 g/mol. The molecule has 0 aliphatic rings. The second-order valence-corrected chi connectivity index (χ2v) is 3.68. The van der Waals surface area contributed by atoms with Gasteiger partial charge in [0.15, 0.2) is 0 Å². The molecule has 0 aliphatic heterocycles. The van der Waals surface area contributed by atoms with E-state index in [-0.39, 0.29) is 6.10 Å². The summed E-state index contributed by atoms with van der Waals surface area (Å²) in [5, 5.41) is 20.6. The number of rotatable bonds is 7. The van der Waals surface area contributed by atoms with Crippen molar-refractivity contribution in [1.82, 2.24) is 5.32 Å². The number of aliphatic hydroxyl groups is 1. The molecule has 0 bridgehead atoms. The fourth-order valence-electron chi connectivity index (χ4n) is 1.12. The average molecular weight is 201 g/mol. The van der Waals surface area contributed by atoms with E-state index in [2.05, 4.69) is 5.32 Å². The number of aliphatic carboxylic acids is 1. The fraction of sp³-hybridized carbons (Fsp3) is 0.700. The molecule has 4 heteroatoms. The molecule has 3 N–H and O–H groups in total. The van der Waals surface area contributed by atoms with E-state index in [4.69, 9.17) is 5.11 Å². The molecule has 0 spiro atoms. The van der Waals surface area contributed by atoms with Crippen LogP contribution in [0.1, 0.15) is 20.3 Å². The predicted molar refractivity (Wildman–Crippen MR) is 55.1 cm³/mol. The molecule has 0 saturated heterocycles. The molecule has 0 heterocycles. The summed E-state index contributed by atoms with van der Waals surface area (Å²) < 4.78 is 0. The number of aliphatic hydroxyl groups excluding tert-OH is 1. The van der Waals surface area contributed by atoms with Gasteiger partial charge in [-0.3, -0.25) is 0 Å². The summed E-state index contributed by atoms with van der Waals surface area (Å²) in [7, 11) is 0. The van der Waals surface area contributed by atoms with Crippen molar-refractivity contribution in [2.45, 2.75) is 26.4 Å². The van der Waals surface area contributed by atoms with E-state index in [1.807, 2.05) is 13.8 Å². The average Bonchev–Trinajstić information content (AvgIpc) is 2.01. The van der Waals surface area contributed by atoms with Crippen molar-refractivity contribution in [2.75, 3.05) is 13.1 Å².